The van der Waals surface area contributed by atoms with Crippen molar-refractivity contribution in [1.29, 1.82) is 0 Å². The Hall–Kier alpha value is -3.08. The Kier molecular flexibility index (Phi) is 7.01. The average Bonchev–Trinajstić information content (AvgIpc) is 3.12. The number of ether oxygens (including phenoxy) is 1. The summed E-state index contributed by atoms with van der Waals surface area (Å²) < 4.78 is 84.1. The topological polar surface area (TPSA) is 55.4 Å². The molecule has 0 aliphatic carbocycles. The number of alkyl halides is 6. The molecule has 0 fully saturated rings. The SMILES string of the molecule is CC(=O)N[C@H](Cc1csc2ccccc12)C(=O)OCc1cc(C(F)(F)F)cc(C(F)(F)F)c1. The highest BCUT2D eigenvalue weighted by Gasteiger charge is 2.37. The molecule has 1 amide bonds. The minimum Gasteiger partial charge on any atom is -0.459 e. The lowest BCUT2D eigenvalue weighted by Crippen LogP contribution is -2.42. The Morgan fingerprint density at radius 2 is 1.61 bits per heavy atom. The summed E-state index contributed by atoms with van der Waals surface area (Å²) in [5.41, 5.74) is -2.75. The van der Waals surface area contributed by atoms with Crippen LogP contribution in [0.5, 0.6) is 0 Å². The Labute approximate surface area is 188 Å². The number of hydrogen-bond acceptors (Lipinski definition) is 4. The van der Waals surface area contributed by atoms with Gasteiger partial charge in [-0.3, -0.25) is 4.79 Å². The molecule has 0 bridgehead atoms. The Bertz CT molecular complexity index is 1140. The molecule has 0 saturated carbocycles. The molecule has 3 aromatic rings. The predicted molar refractivity (Wildman–Crippen MR) is 109 cm³/mol. The fraction of sp³-hybridized carbons (Fsp3) is 0.273. The summed E-state index contributed by atoms with van der Waals surface area (Å²) in [6.45, 7) is 0.348. The Morgan fingerprint density at radius 3 is 2.18 bits per heavy atom. The van der Waals surface area contributed by atoms with E-state index >= 15 is 0 Å². The number of carbonyl (C=O) groups is 2. The molecule has 2 aromatic carbocycles. The summed E-state index contributed by atoms with van der Waals surface area (Å²) >= 11 is 1.43. The molecule has 1 atom stereocenters. The van der Waals surface area contributed by atoms with E-state index in [4.69, 9.17) is 4.74 Å². The van der Waals surface area contributed by atoms with E-state index in [1.807, 2.05) is 18.2 Å². The van der Waals surface area contributed by atoms with Crippen LogP contribution in [-0.4, -0.2) is 17.9 Å². The number of hydrogen-bond donors (Lipinski definition) is 1. The molecule has 0 aliphatic rings. The molecule has 0 saturated heterocycles. The molecule has 33 heavy (non-hydrogen) atoms. The van der Waals surface area contributed by atoms with Crippen molar-refractivity contribution in [2.24, 2.45) is 0 Å². The number of carbonyl (C=O) groups excluding carboxylic acids is 2. The van der Waals surface area contributed by atoms with Gasteiger partial charge in [0, 0.05) is 18.0 Å². The smallest absolute Gasteiger partial charge is 0.416 e. The van der Waals surface area contributed by atoms with E-state index in [0.29, 0.717) is 12.1 Å². The number of rotatable bonds is 6. The lowest BCUT2D eigenvalue weighted by Gasteiger charge is -2.18. The zero-order chi connectivity index (χ0) is 24.4. The van der Waals surface area contributed by atoms with Crippen molar-refractivity contribution in [3.8, 4) is 0 Å². The summed E-state index contributed by atoms with van der Waals surface area (Å²) in [7, 11) is 0. The largest absolute Gasteiger partial charge is 0.459 e. The summed E-state index contributed by atoms with van der Waals surface area (Å²) in [5.74, 6) is -1.53. The third-order valence-corrected chi connectivity index (χ3v) is 5.69. The van der Waals surface area contributed by atoms with Crippen LogP contribution in [0.2, 0.25) is 0 Å². The zero-order valence-corrected chi connectivity index (χ0v) is 17.8. The minimum absolute atomic E-state index is 0.00683. The number of esters is 1. The summed E-state index contributed by atoms with van der Waals surface area (Å²) in [6, 6.07) is 7.15. The third-order valence-electron chi connectivity index (χ3n) is 4.68. The van der Waals surface area contributed by atoms with Crippen LogP contribution in [0.25, 0.3) is 10.1 Å². The molecule has 1 heterocycles. The molecular formula is C22H17F6NO3S. The second-order valence-corrected chi connectivity index (χ2v) is 8.15. The van der Waals surface area contributed by atoms with Gasteiger partial charge in [0.25, 0.3) is 0 Å². The second kappa shape index (κ2) is 9.42. The number of thiophene rings is 1. The van der Waals surface area contributed by atoms with E-state index in [2.05, 4.69) is 5.32 Å². The van der Waals surface area contributed by atoms with Crippen molar-refractivity contribution in [2.75, 3.05) is 0 Å². The van der Waals surface area contributed by atoms with Gasteiger partial charge in [-0.2, -0.15) is 26.3 Å². The van der Waals surface area contributed by atoms with Crippen LogP contribution in [0.15, 0.2) is 47.8 Å². The van der Waals surface area contributed by atoms with Gasteiger partial charge in [-0.1, -0.05) is 18.2 Å². The first-order valence-corrected chi connectivity index (χ1v) is 10.4. The highest BCUT2D eigenvalue weighted by molar-refractivity contribution is 7.17. The van der Waals surface area contributed by atoms with Crippen molar-refractivity contribution in [2.45, 2.75) is 38.3 Å². The van der Waals surface area contributed by atoms with Crippen LogP contribution in [-0.2, 0) is 39.7 Å². The van der Waals surface area contributed by atoms with Gasteiger partial charge in [-0.25, -0.2) is 4.79 Å². The monoisotopic (exact) mass is 489 g/mol. The van der Waals surface area contributed by atoms with E-state index < -0.39 is 53.6 Å². The lowest BCUT2D eigenvalue weighted by molar-refractivity contribution is -0.149. The van der Waals surface area contributed by atoms with Crippen LogP contribution in [0.3, 0.4) is 0 Å². The van der Waals surface area contributed by atoms with Crippen molar-refractivity contribution < 1.29 is 40.7 Å². The van der Waals surface area contributed by atoms with Crippen molar-refractivity contribution in [3.05, 3.63) is 70.1 Å². The first-order valence-electron chi connectivity index (χ1n) is 9.52. The highest BCUT2D eigenvalue weighted by atomic mass is 32.1. The van der Waals surface area contributed by atoms with Gasteiger partial charge >= 0.3 is 18.3 Å². The van der Waals surface area contributed by atoms with E-state index in [0.717, 1.165) is 15.6 Å². The molecule has 1 N–H and O–H groups in total. The van der Waals surface area contributed by atoms with Crippen LogP contribution in [0.1, 0.15) is 29.2 Å². The fourth-order valence-electron chi connectivity index (χ4n) is 3.21. The normalized spacial score (nSPS) is 13.1. The molecule has 0 aliphatic heterocycles. The Balaban J connectivity index is 1.81. The first kappa shape index (κ1) is 24.6. The molecule has 4 nitrogen and oxygen atoms in total. The molecule has 0 radical (unpaired) electrons. The van der Waals surface area contributed by atoms with Crippen LogP contribution in [0.4, 0.5) is 26.3 Å². The van der Waals surface area contributed by atoms with Gasteiger partial charge in [-0.05, 0) is 46.2 Å². The van der Waals surface area contributed by atoms with Gasteiger partial charge in [-0.15, -0.1) is 11.3 Å². The van der Waals surface area contributed by atoms with E-state index in [9.17, 15) is 35.9 Å². The van der Waals surface area contributed by atoms with E-state index in [1.54, 1.807) is 11.4 Å². The fourth-order valence-corrected chi connectivity index (χ4v) is 4.18. The molecule has 176 valence electrons. The summed E-state index contributed by atoms with van der Waals surface area (Å²) in [5, 5.41) is 5.08. The third kappa shape index (κ3) is 6.25. The standard InChI is InChI=1S/C22H17F6NO3S/c1-12(30)29-18(8-14-11-33-19-5-3-2-4-17(14)19)20(31)32-10-13-6-15(21(23,24)25)9-16(7-13)22(26,27)28/h2-7,9,11,18H,8,10H2,1H3,(H,29,30)/t18-/m1/s1. The van der Waals surface area contributed by atoms with Crippen molar-refractivity contribution in [3.63, 3.8) is 0 Å². The number of nitrogens with one attached hydrogen (secondary N) is 1. The lowest BCUT2D eigenvalue weighted by atomic mass is 10.0. The summed E-state index contributed by atoms with van der Waals surface area (Å²) in [6.07, 6.45) is -9.99. The zero-order valence-electron chi connectivity index (χ0n) is 17.0. The van der Waals surface area contributed by atoms with Crippen LogP contribution >= 0.6 is 11.3 Å². The number of benzene rings is 2. The summed E-state index contributed by atoms with van der Waals surface area (Å²) in [4.78, 5) is 24.2. The van der Waals surface area contributed by atoms with Crippen LogP contribution in [0, 0.1) is 0 Å². The van der Waals surface area contributed by atoms with Gasteiger partial charge < -0.3 is 10.1 Å². The minimum atomic E-state index is -5.02. The highest BCUT2D eigenvalue weighted by Crippen LogP contribution is 2.36. The molecule has 1 aromatic heterocycles. The first-order chi connectivity index (χ1) is 15.3. The van der Waals surface area contributed by atoms with Gasteiger partial charge in [0.1, 0.15) is 12.6 Å². The molecule has 0 unspecified atom stereocenters. The van der Waals surface area contributed by atoms with Gasteiger partial charge in [0.05, 0.1) is 11.1 Å². The maximum atomic E-state index is 13.0. The quantitative estimate of drug-likeness (QED) is 0.356. The molecule has 3 rings (SSSR count). The maximum Gasteiger partial charge on any atom is 0.416 e. The average molecular weight is 489 g/mol. The molecular weight excluding hydrogens is 472 g/mol. The van der Waals surface area contributed by atoms with Crippen molar-refractivity contribution in [1.82, 2.24) is 5.32 Å². The van der Waals surface area contributed by atoms with Crippen molar-refractivity contribution >= 4 is 33.3 Å². The molecule has 11 heteroatoms. The molecule has 0 spiro atoms. The number of fused-ring (bicyclic) bond motifs is 1. The second-order valence-electron chi connectivity index (χ2n) is 7.24. The predicted octanol–water partition coefficient (Wildman–Crippen LogP) is 5.73. The van der Waals surface area contributed by atoms with E-state index in [-0.39, 0.29) is 12.5 Å². The van der Waals surface area contributed by atoms with E-state index in [1.165, 1.54) is 18.3 Å². The van der Waals surface area contributed by atoms with Crippen LogP contribution < -0.4 is 5.32 Å². The number of halogens is 6. The number of amides is 1. The van der Waals surface area contributed by atoms with Gasteiger partial charge in [0.2, 0.25) is 5.91 Å². The Morgan fingerprint density at radius 1 is 1.00 bits per heavy atom. The maximum absolute atomic E-state index is 13.0. The van der Waals surface area contributed by atoms with Gasteiger partial charge in [0.15, 0.2) is 0 Å².